The maximum absolute atomic E-state index is 13.4. The molecule has 8 heteroatoms. The number of hydrogen-bond acceptors (Lipinski definition) is 3. The van der Waals surface area contributed by atoms with Crippen molar-refractivity contribution in [3.8, 4) is 0 Å². The molecule has 142 valence electrons. The molecule has 1 aromatic rings. The first kappa shape index (κ1) is 19.8. The van der Waals surface area contributed by atoms with Gasteiger partial charge in [-0.1, -0.05) is 6.92 Å². The molecule has 2 amide bonds. The van der Waals surface area contributed by atoms with Gasteiger partial charge in [-0.3, -0.25) is 0 Å². The largest absolute Gasteiger partial charge is 0.463 e. The molecule has 0 spiro atoms. The number of rotatable bonds is 7. The van der Waals surface area contributed by atoms with E-state index < -0.39 is 23.6 Å². The van der Waals surface area contributed by atoms with Crippen LogP contribution in [0, 0.1) is 11.6 Å². The number of carbonyl (C=O) groups is 2. The summed E-state index contributed by atoms with van der Waals surface area (Å²) in [6.07, 6.45) is 0.545. The summed E-state index contributed by atoms with van der Waals surface area (Å²) in [6, 6.07) is 2.73. The van der Waals surface area contributed by atoms with Crippen LogP contribution in [0.25, 0.3) is 0 Å². The number of amides is 2. The molecule has 2 rings (SSSR count). The smallest absolute Gasteiger partial charge is 0.338 e. The Bertz CT molecular complexity index is 722. The van der Waals surface area contributed by atoms with Crippen LogP contribution in [0.3, 0.4) is 0 Å². The molecule has 0 fully saturated rings. The summed E-state index contributed by atoms with van der Waals surface area (Å²) in [5.41, 5.74) is 1.46. The first-order valence-electron chi connectivity index (χ1n) is 8.63. The van der Waals surface area contributed by atoms with Crippen molar-refractivity contribution < 1.29 is 28.4 Å². The number of hydrogen-bond donors (Lipinski definition) is 3. The molecule has 1 aliphatic rings. The molecule has 4 N–H and O–H groups in total. The third kappa shape index (κ3) is 4.57. The second-order valence-electron chi connectivity index (χ2n) is 6.07. The molecular weight excluding hydrogens is 344 g/mol. The molecule has 0 saturated heterocycles. The van der Waals surface area contributed by atoms with E-state index in [0.717, 1.165) is 12.1 Å². The fourth-order valence-corrected chi connectivity index (χ4v) is 2.85. The standard InChI is InChI=1S/C18H23F2N3O3/c1-4-14-16(17(24)26-5-2)15(23-18(25)22-14)9-21-10(3)11-6-7-12(19)13(20)8-11/h6-8,10,14,21H,4-5,9H2,1-3H3,(H2,22,23,25)/p+1/t10-,14-/m0/s1. The Morgan fingerprint density at radius 1 is 1.31 bits per heavy atom. The number of quaternary nitrogens is 1. The van der Waals surface area contributed by atoms with Crippen molar-refractivity contribution in [2.24, 2.45) is 0 Å². The number of urea groups is 1. The van der Waals surface area contributed by atoms with E-state index in [9.17, 15) is 18.4 Å². The highest BCUT2D eigenvalue weighted by atomic mass is 19.2. The van der Waals surface area contributed by atoms with E-state index in [4.69, 9.17) is 4.74 Å². The lowest BCUT2D eigenvalue weighted by atomic mass is 10.00. The molecule has 26 heavy (non-hydrogen) atoms. The topological polar surface area (TPSA) is 84.0 Å². The van der Waals surface area contributed by atoms with Crippen LogP contribution in [0.2, 0.25) is 0 Å². The average molecular weight is 368 g/mol. The van der Waals surface area contributed by atoms with Gasteiger partial charge in [0.2, 0.25) is 0 Å². The van der Waals surface area contributed by atoms with Crippen molar-refractivity contribution >= 4 is 12.0 Å². The molecule has 0 saturated carbocycles. The molecule has 0 unspecified atom stereocenters. The molecule has 2 atom stereocenters. The summed E-state index contributed by atoms with van der Waals surface area (Å²) in [7, 11) is 0. The van der Waals surface area contributed by atoms with Crippen LogP contribution in [-0.2, 0) is 9.53 Å². The van der Waals surface area contributed by atoms with Gasteiger partial charge in [-0.05, 0) is 38.5 Å². The van der Waals surface area contributed by atoms with Gasteiger partial charge in [0.15, 0.2) is 11.6 Å². The predicted octanol–water partition coefficient (Wildman–Crippen LogP) is 1.50. The lowest BCUT2D eigenvalue weighted by molar-refractivity contribution is -0.686. The van der Waals surface area contributed by atoms with Gasteiger partial charge in [0.05, 0.1) is 23.9 Å². The van der Waals surface area contributed by atoms with Crippen LogP contribution < -0.4 is 16.0 Å². The fraction of sp³-hybridized carbons (Fsp3) is 0.444. The van der Waals surface area contributed by atoms with Crippen molar-refractivity contribution in [1.82, 2.24) is 10.6 Å². The van der Waals surface area contributed by atoms with Crippen molar-refractivity contribution in [2.75, 3.05) is 13.2 Å². The molecule has 0 bridgehead atoms. The highest BCUT2D eigenvalue weighted by Crippen LogP contribution is 2.17. The first-order valence-corrected chi connectivity index (χ1v) is 8.63. The number of benzene rings is 1. The van der Waals surface area contributed by atoms with Gasteiger partial charge in [-0.2, -0.15) is 0 Å². The van der Waals surface area contributed by atoms with Gasteiger partial charge < -0.3 is 20.7 Å². The van der Waals surface area contributed by atoms with Gasteiger partial charge in [-0.25, -0.2) is 18.4 Å². The summed E-state index contributed by atoms with van der Waals surface area (Å²) < 4.78 is 31.6. The number of carbonyl (C=O) groups excluding carboxylic acids is 2. The van der Waals surface area contributed by atoms with Gasteiger partial charge >= 0.3 is 12.0 Å². The zero-order valence-corrected chi connectivity index (χ0v) is 15.1. The second kappa shape index (κ2) is 8.75. The first-order chi connectivity index (χ1) is 12.4. The molecule has 1 aromatic carbocycles. The average Bonchev–Trinajstić information content (AvgIpc) is 2.61. The monoisotopic (exact) mass is 368 g/mol. The van der Waals surface area contributed by atoms with E-state index >= 15 is 0 Å². The quantitative estimate of drug-likeness (QED) is 0.638. The predicted molar refractivity (Wildman–Crippen MR) is 91.0 cm³/mol. The molecule has 1 aliphatic heterocycles. The zero-order chi connectivity index (χ0) is 19.3. The maximum Gasteiger partial charge on any atom is 0.338 e. The van der Waals surface area contributed by atoms with Crippen LogP contribution >= 0.6 is 0 Å². The van der Waals surface area contributed by atoms with Gasteiger partial charge in [0.1, 0.15) is 12.6 Å². The summed E-state index contributed by atoms with van der Waals surface area (Å²) >= 11 is 0. The number of nitrogens with two attached hydrogens (primary N) is 1. The van der Waals surface area contributed by atoms with E-state index in [1.165, 1.54) is 6.07 Å². The fourth-order valence-electron chi connectivity index (χ4n) is 2.85. The minimum Gasteiger partial charge on any atom is -0.463 e. The van der Waals surface area contributed by atoms with Crippen LogP contribution in [0.5, 0.6) is 0 Å². The summed E-state index contributed by atoms with van der Waals surface area (Å²) in [4.78, 5) is 24.2. The van der Waals surface area contributed by atoms with Crippen LogP contribution in [-0.4, -0.2) is 31.2 Å². The Morgan fingerprint density at radius 2 is 2.04 bits per heavy atom. The number of nitrogens with one attached hydrogen (secondary N) is 2. The Hall–Kier alpha value is -2.48. The lowest BCUT2D eigenvalue weighted by Gasteiger charge is -2.28. The minimum atomic E-state index is -0.907. The van der Waals surface area contributed by atoms with Crippen molar-refractivity contribution in [3.05, 3.63) is 46.7 Å². The normalized spacial score (nSPS) is 18.2. The van der Waals surface area contributed by atoms with Crippen LogP contribution in [0.1, 0.15) is 38.8 Å². The van der Waals surface area contributed by atoms with E-state index in [-0.39, 0.29) is 25.2 Å². The number of ether oxygens (including phenoxy) is 1. The van der Waals surface area contributed by atoms with E-state index in [0.29, 0.717) is 23.3 Å². The van der Waals surface area contributed by atoms with Gasteiger partial charge in [0.25, 0.3) is 0 Å². The lowest BCUT2D eigenvalue weighted by Crippen LogP contribution is -2.86. The van der Waals surface area contributed by atoms with Crippen molar-refractivity contribution in [1.29, 1.82) is 0 Å². The van der Waals surface area contributed by atoms with Crippen molar-refractivity contribution in [2.45, 2.75) is 39.3 Å². The van der Waals surface area contributed by atoms with Crippen LogP contribution in [0.15, 0.2) is 29.5 Å². The zero-order valence-electron chi connectivity index (χ0n) is 15.1. The Labute approximate surface area is 151 Å². The van der Waals surface area contributed by atoms with Gasteiger partial charge in [-0.15, -0.1) is 0 Å². The summed E-state index contributed by atoms with van der Waals surface area (Å²) in [5, 5.41) is 7.20. The summed E-state index contributed by atoms with van der Waals surface area (Å²) in [5.74, 6) is -2.28. The highest BCUT2D eigenvalue weighted by molar-refractivity contribution is 5.94. The SMILES string of the molecule is CCOC(=O)C1=C(C[NH2+][C@@H](C)c2ccc(F)c(F)c2)NC(=O)N[C@H]1CC. The molecule has 1 heterocycles. The third-order valence-corrected chi connectivity index (χ3v) is 4.29. The van der Waals surface area contributed by atoms with E-state index in [1.54, 1.807) is 6.92 Å². The van der Waals surface area contributed by atoms with E-state index in [2.05, 4.69) is 10.6 Å². The maximum atomic E-state index is 13.4. The Morgan fingerprint density at radius 3 is 2.65 bits per heavy atom. The molecule has 0 aliphatic carbocycles. The molecular formula is C18H24F2N3O3+. The molecule has 0 radical (unpaired) electrons. The Balaban J connectivity index is 2.20. The summed E-state index contributed by atoms with van der Waals surface area (Å²) in [6.45, 7) is 5.93. The number of halogens is 2. The van der Waals surface area contributed by atoms with Crippen molar-refractivity contribution in [3.63, 3.8) is 0 Å². The number of esters is 1. The second-order valence-corrected chi connectivity index (χ2v) is 6.07. The third-order valence-electron chi connectivity index (χ3n) is 4.29. The van der Waals surface area contributed by atoms with Gasteiger partial charge in [0, 0.05) is 5.56 Å². The van der Waals surface area contributed by atoms with E-state index in [1.807, 2.05) is 19.2 Å². The molecule has 0 aromatic heterocycles. The Kier molecular flexibility index (Phi) is 6.68. The van der Waals surface area contributed by atoms with Crippen LogP contribution in [0.4, 0.5) is 13.6 Å². The molecule has 6 nitrogen and oxygen atoms in total. The highest BCUT2D eigenvalue weighted by Gasteiger charge is 2.32. The minimum absolute atomic E-state index is 0.201.